The fourth-order valence-corrected chi connectivity index (χ4v) is 2.37. The van der Waals surface area contributed by atoms with Gasteiger partial charge in [0.1, 0.15) is 11.9 Å². The van der Waals surface area contributed by atoms with Crippen molar-refractivity contribution in [3.8, 4) is 0 Å². The van der Waals surface area contributed by atoms with E-state index in [1.165, 1.54) is 18.2 Å². The van der Waals surface area contributed by atoms with E-state index in [2.05, 4.69) is 0 Å². The van der Waals surface area contributed by atoms with E-state index in [1.54, 1.807) is 19.1 Å². The number of aliphatic hydroxyl groups is 1. The van der Waals surface area contributed by atoms with Gasteiger partial charge >= 0.3 is 5.97 Å². The van der Waals surface area contributed by atoms with Crippen LogP contribution in [0.4, 0.5) is 4.39 Å². The van der Waals surface area contributed by atoms with Gasteiger partial charge < -0.3 is 9.84 Å². The van der Waals surface area contributed by atoms with Crippen LogP contribution in [0, 0.1) is 5.82 Å². The first-order valence-electron chi connectivity index (χ1n) is 6.89. The third-order valence-electron chi connectivity index (χ3n) is 3.57. The van der Waals surface area contributed by atoms with E-state index in [1.807, 2.05) is 0 Å². The molecule has 1 aromatic rings. The minimum Gasteiger partial charge on any atom is -0.456 e. The molecule has 20 heavy (non-hydrogen) atoms. The van der Waals surface area contributed by atoms with Crippen LogP contribution in [0.1, 0.15) is 38.2 Å². The number of carbonyl (C=O) groups excluding carboxylic acids is 1. The van der Waals surface area contributed by atoms with Crippen LogP contribution >= 0.6 is 0 Å². The second-order valence-electron chi connectivity index (χ2n) is 5.16. The summed E-state index contributed by atoms with van der Waals surface area (Å²) in [7, 11) is 0. The van der Waals surface area contributed by atoms with Crippen molar-refractivity contribution in [2.45, 2.75) is 44.8 Å². The maximum Gasteiger partial charge on any atom is 0.331 e. The van der Waals surface area contributed by atoms with E-state index in [-0.39, 0.29) is 5.82 Å². The number of halogens is 1. The molecule has 1 aliphatic carbocycles. The van der Waals surface area contributed by atoms with Crippen molar-refractivity contribution in [1.82, 2.24) is 0 Å². The molecule has 108 valence electrons. The molecule has 0 saturated heterocycles. The van der Waals surface area contributed by atoms with Crippen molar-refractivity contribution in [3.05, 3.63) is 41.7 Å². The molecule has 4 heteroatoms. The molecule has 0 heterocycles. The summed E-state index contributed by atoms with van der Waals surface area (Å²) in [6.45, 7) is 1.77. The predicted octanol–water partition coefficient (Wildman–Crippen LogP) is 3.08. The highest BCUT2D eigenvalue weighted by Gasteiger charge is 2.25. The summed E-state index contributed by atoms with van der Waals surface area (Å²) >= 11 is 0. The molecule has 1 aliphatic rings. The molecule has 2 atom stereocenters. The van der Waals surface area contributed by atoms with Crippen molar-refractivity contribution in [2.75, 3.05) is 0 Å². The molecule has 1 saturated carbocycles. The van der Waals surface area contributed by atoms with Gasteiger partial charge in [-0.25, -0.2) is 9.18 Å². The molecule has 0 bridgehead atoms. The van der Waals surface area contributed by atoms with Gasteiger partial charge in [0.15, 0.2) is 0 Å². The number of hydrogen-bond acceptors (Lipinski definition) is 3. The molecular weight excluding hydrogens is 259 g/mol. The molecular formula is C16H19FO3. The summed E-state index contributed by atoms with van der Waals surface area (Å²) in [5.74, 6) is -0.771. The number of esters is 1. The number of ether oxygens (including phenoxy) is 1. The van der Waals surface area contributed by atoms with Gasteiger partial charge in [-0.2, -0.15) is 0 Å². The van der Waals surface area contributed by atoms with E-state index >= 15 is 0 Å². The normalized spacial score (nSPS) is 23.4. The Morgan fingerprint density at radius 1 is 1.30 bits per heavy atom. The lowest BCUT2D eigenvalue weighted by atomic mass is 9.95. The quantitative estimate of drug-likeness (QED) is 0.682. The topological polar surface area (TPSA) is 46.5 Å². The average molecular weight is 278 g/mol. The Balaban J connectivity index is 1.98. The summed E-state index contributed by atoms with van der Waals surface area (Å²) in [5.41, 5.74) is 1.48. The van der Waals surface area contributed by atoms with E-state index in [9.17, 15) is 14.3 Å². The van der Waals surface area contributed by atoms with Gasteiger partial charge in [0.05, 0.1) is 6.10 Å². The van der Waals surface area contributed by atoms with E-state index < -0.39 is 18.2 Å². The third-order valence-corrected chi connectivity index (χ3v) is 3.57. The molecule has 0 spiro atoms. The number of benzene rings is 1. The van der Waals surface area contributed by atoms with E-state index in [0.29, 0.717) is 18.4 Å². The predicted molar refractivity (Wildman–Crippen MR) is 74.4 cm³/mol. The van der Waals surface area contributed by atoms with Crippen LogP contribution in [0.15, 0.2) is 30.3 Å². The summed E-state index contributed by atoms with van der Waals surface area (Å²) in [6.07, 6.45) is 3.74. The number of rotatable bonds is 3. The van der Waals surface area contributed by atoms with Gasteiger partial charge in [0, 0.05) is 6.08 Å². The fraction of sp³-hybridized carbons (Fsp3) is 0.438. The molecule has 0 aromatic heterocycles. The highest BCUT2D eigenvalue weighted by Crippen LogP contribution is 2.22. The SMILES string of the molecule is C/C(=C\C(=O)O[C@@H]1CCCC[C@H]1O)c1ccc(F)cc1. The standard InChI is InChI=1S/C16H19FO3/c1-11(12-6-8-13(17)9-7-12)10-16(19)20-15-5-3-2-4-14(15)18/h6-10,14-15,18H,2-5H2,1H3/b11-10+/t14-,15-/m1/s1. The summed E-state index contributed by atoms with van der Waals surface area (Å²) in [6, 6.07) is 5.93. The Hall–Kier alpha value is -1.68. The lowest BCUT2D eigenvalue weighted by molar-refractivity contribution is -0.151. The Morgan fingerprint density at radius 3 is 2.60 bits per heavy atom. The largest absolute Gasteiger partial charge is 0.456 e. The van der Waals surface area contributed by atoms with Crippen LogP contribution < -0.4 is 0 Å². The number of carbonyl (C=O) groups is 1. The number of aliphatic hydroxyl groups excluding tert-OH is 1. The van der Waals surface area contributed by atoms with Crippen molar-refractivity contribution in [2.24, 2.45) is 0 Å². The highest BCUT2D eigenvalue weighted by molar-refractivity contribution is 5.91. The second-order valence-corrected chi connectivity index (χ2v) is 5.16. The molecule has 0 amide bonds. The van der Waals surface area contributed by atoms with Gasteiger partial charge in [-0.3, -0.25) is 0 Å². The van der Waals surface area contributed by atoms with Gasteiger partial charge in [0.25, 0.3) is 0 Å². The van der Waals surface area contributed by atoms with Crippen molar-refractivity contribution >= 4 is 11.5 Å². The number of allylic oxidation sites excluding steroid dienone is 1. The van der Waals surface area contributed by atoms with Crippen LogP contribution in [-0.2, 0) is 9.53 Å². The third kappa shape index (κ3) is 3.90. The summed E-state index contributed by atoms with van der Waals surface area (Å²) < 4.78 is 18.1. The second kappa shape index (κ2) is 6.66. The molecule has 1 aromatic carbocycles. The zero-order valence-corrected chi connectivity index (χ0v) is 11.5. The maximum atomic E-state index is 12.8. The van der Waals surface area contributed by atoms with E-state index in [4.69, 9.17) is 4.74 Å². The molecule has 0 radical (unpaired) electrons. The van der Waals surface area contributed by atoms with E-state index in [0.717, 1.165) is 18.4 Å². The molecule has 0 aliphatic heterocycles. The zero-order chi connectivity index (χ0) is 14.5. The first-order chi connectivity index (χ1) is 9.56. The maximum absolute atomic E-state index is 12.8. The fourth-order valence-electron chi connectivity index (χ4n) is 2.37. The Morgan fingerprint density at radius 2 is 1.95 bits per heavy atom. The highest BCUT2D eigenvalue weighted by atomic mass is 19.1. The minimum atomic E-state index is -0.563. The van der Waals surface area contributed by atoms with Crippen LogP contribution in [0.2, 0.25) is 0 Å². The summed E-state index contributed by atoms with van der Waals surface area (Å²) in [5, 5.41) is 9.76. The van der Waals surface area contributed by atoms with Crippen LogP contribution in [0.5, 0.6) is 0 Å². The zero-order valence-electron chi connectivity index (χ0n) is 11.5. The van der Waals surface area contributed by atoms with Crippen LogP contribution in [0.3, 0.4) is 0 Å². The van der Waals surface area contributed by atoms with Gasteiger partial charge in [-0.1, -0.05) is 18.6 Å². The van der Waals surface area contributed by atoms with Crippen molar-refractivity contribution in [3.63, 3.8) is 0 Å². The monoisotopic (exact) mass is 278 g/mol. The molecule has 3 nitrogen and oxygen atoms in total. The first kappa shape index (κ1) is 14.7. The van der Waals surface area contributed by atoms with Crippen LogP contribution in [-0.4, -0.2) is 23.3 Å². The van der Waals surface area contributed by atoms with Crippen molar-refractivity contribution in [1.29, 1.82) is 0 Å². The Kier molecular flexibility index (Phi) is 4.90. The smallest absolute Gasteiger partial charge is 0.331 e. The minimum absolute atomic E-state index is 0.311. The summed E-state index contributed by atoms with van der Waals surface area (Å²) in [4.78, 5) is 11.8. The van der Waals surface area contributed by atoms with Crippen LogP contribution in [0.25, 0.3) is 5.57 Å². The first-order valence-corrected chi connectivity index (χ1v) is 6.89. The molecule has 1 fully saturated rings. The average Bonchev–Trinajstić information content (AvgIpc) is 2.42. The number of hydrogen-bond donors (Lipinski definition) is 1. The molecule has 0 unspecified atom stereocenters. The Labute approximate surface area is 118 Å². The Bertz CT molecular complexity index is 493. The lowest BCUT2D eigenvalue weighted by Crippen LogP contribution is -2.33. The van der Waals surface area contributed by atoms with Gasteiger partial charge in [-0.05, 0) is 49.5 Å². The molecule has 1 N–H and O–H groups in total. The van der Waals surface area contributed by atoms with Gasteiger partial charge in [0.2, 0.25) is 0 Å². The van der Waals surface area contributed by atoms with Crippen molar-refractivity contribution < 1.29 is 19.0 Å². The van der Waals surface area contributed by atoms with Gasteiger partial charge in [-0.15, -0.1) is 0 Å². The molecule has 2 rings (SSSR count). The lowest BCUT2D eigenvalue weighted by Gasteiger charge is -2.26.